The van der Waals surface area contributed by atoms with Gasteiger partial charge in [0.25, 0.3) is 0 Å². The molecule has 2 aromatic rings. The van der Waals surface area contributed by atoms with E-state index in [4.69, 9.17) is 5.26 Å². The van der Waals surface area contributed by atoms with E-state index in [9.17, 15) is 0 Å². The van der Waals surface area contributed by atoms with E-state index in [1.807, 2.05) is 24.3 Å². The van der Waals surface area contributed by atoms with Crippen LogP contribution in [0.4, 0.5) is 0 Å². The van der Waals surface area contributed by atoms with E-state index >= 15 is 0 Å². The van der Waals surface area contributed by atoms with Crippen molar-refractivity contribution >= 4 is 10.9 Å². The van der Waals surface area contributed by atoms with Gasteiger partial charge in [0, 0.05) is 11.9 Å². The molecule has 3 nitrogen and oxygen atoms in total. The van der Waals surface area contributed by atoms with Gasteiger partial charge in [-0.3, -0.25) is 9.88 Å². The quantitative estimate of drug-likeness (QED) is 0.753. The monoisotopic (exact) mass is 239 g/mol. The Hall–Kier alpha value is -1.92. The summed E-state index contributed by atoms with van der Waals surface area (Å²) in [6.07, 6.45) is 1.05. The normalized spacial score (nSPS) is 10.7. The van der Waals surface area contributed by atoms with Crippen molar-refractivity contribution in [2.45, 2.75) is 19.9 Å². The molecule has 1 heterocycles. The fourth-order valence-electron chi connectivity index (χ4n) is 2.06. The van der Waals surface area contributed by atoms with E-state index in [0.717, 1.165) is 36.1 Å². The van der Waals surface area contributed by atoms with Crippen LogP contribution < -0.4 is 0 Å². The molecule has 2 rings (SSSR count). The molecule has 0 aliphatic carbocycles. The molecule has 0 bridgehead atoms. The van der Waals surface area contributed by atoms with Gasteiger partial charge in [0.15, 0.2) is 0 Å². The number of benzene rings is 1. The number of hydrogen-bond donors (Lipinski definition) is 0. The highest BCUT2D eigenvalue weighted by atomic mass is 15.1. The number of rotatable bonds is 5. The lowest BCUT2D eigenvalue weighted by Gasteiger charge is -2.17. The number of nitrogens with zero attached hydrogens (tertiary/aromatic N) is 3. The highest BCUT2D eigenvalue weighted by Crippen LogP contribution is 2.13. The van der Waals surface area contributed by atoms with Crippen LogP contribution in [0.15, 0.2) is 36.4 Å². The van der Waals surface area contributed by atoms with E-state index in [2.05, 4.69) is 35.0 Å². The first-order valence-electron chi connectivity index (χ1n) is 6.27. The molecule has 0 radical (unpaired) electrons. The predicted molar refractivity (Wildman–Crippen MR) is 72.9 cm³/mol. The van der Waals surface area contributed by atoms with Gasteiger partial charge >= 0.3 is 0 Å². The Bertz CT molecular complexity index is 557. The van der Waals surface area contributed by atoms with Gasteiger partial charge in [-0.1, -0.05) is 31.2 Å². The van der Waals surface area contributed by atoms with E-state index in [1.165, 1.54) is 0 Å². The second-order valence-corrected chi connectivity index (χ2v) is 4.36. The molecule has 0 aliphatic heterocycles. The summed E-state index contributed by atoms with van der Waals surface area (Å²) in [5, 5.41) is 9.96. The second-order valence-electron chi connectivity index (χ2n) is 4.36. The fourth-order valence-corrected chi connectivity index (χ4v) is 2.06. The summed E-state index contributed by atoms with van der Waals surface area (Å²) >= 11 is 0. The van der Waals surface area contributed by atoms with E-state index in [1.54, 1.807) is 0 Å². The number of nitriles is 1. The first-order chi connectivity index (χ1) is 8.83. The molecule has 0 fully saturated rings. The lowest BCUT2D eigenvalue weighted by molar-refractivity contribution is 0.295. The minimum Gasteiger partial charge on any atom is -0.285 e. The molecule has 0 saturated carbocycles. The van der Waals surface area contributed by atoms with Crippen LogP contribution in [0.1, 0.15) is 19.0 Å². The first kappa shape index (κ1) is 12.5. The zero-order valence-corrected chi connectivity index (χ0v) is 10.6. The zero-order chi connectivity index (χ0) is 12.8. The Morgan fingerprint density at radius 1 is 1.22 bits per heavy atom. The topological polar surface area (TPSA) is 39.9 Å². The molecule has 0 N–H and O–H groups in total. The van der Waals surface area contributed by atoms with Crippen molar-refractivity contribution in [2.75, 3.05) is 13.1 Å². The van der Waals surface area contributed by atoms with Gasteiger partial charge in [-0.2, -0.15) is 5.26 Å². The molecule has 1 aromatic heterocycles. The SMILES string of the molecule is CCCN(CC#N)Cc1ccc2ccccc2n1. The summed E-state index contributed by atoms with van der Waals surface area (Å²) in [7, 11) is 0. The Labute approximate surface area is 108 Å². The van der Waals surface area contributed by atoms with Gasteiger partial charge in [0.1, 0.15) is 0 Å². The molecule has 0 unspecified atom stereocenters. The molecule has 3 heteroatoms. The number of para-hydroxylation sites is 1. The maximum absolute atomic E-state index is 8.80. The molecule has 1 aromatic carbocycles. The summed E-state index contributed by atoms with van der Waals surface area (Å²) < 4.78 is 0. The van der Waals surface area contributed by atoms with Crippen LogP contribution in [0, 0.1) is 11.3 Å². The third-order valence-electron chi connectivity index (χ3n) is 2.88. The van der Waals surface area contributed by atoms with Crippen molar-refractivity contribution in [2.24, 2.45) is 0 Å². The van der Waals surface area contributed by atoms with Crippen molar-refractivity contribution in [1.82, 2.24) is 9.88 Å². The highest BCUT2D eigenvalue weighted by molar-refractivity contribution is 5.78. The molecule has 18 heavy (non-hydrogen) atoms. The molecule has 0 aliphatic rings. The van der Waals surface area contributed by atoms with Crippen LogP contribution in [-0.4, -0.2) is 23.0 Å². The van der Waals surface area contributed by atoms with Crippen LogP contribution in [0.3, 0.4) is 0 Å². The largest absolute Gasteiger partial charge is 0.285 e. The first-order valence-corrected chi connectivity index (χ1v) is 6.27. The lowest BCUT2D eigenvalue weighted by atomic mass is 10.2. The van der Waals surface area contributed by atoms with Gasteiger partial charge < -0.3 is 0 Å². The Morgan fingerprint density at radius 2 is 2.06 bits per heavy atom. The summed E-state index contributed by atoms with van der Waals surface area (Å²) in [5.41, 5.74) is 2.04. The van der Waals surface area contributed by atoms with Crippen molar-refractivity contribution in [3.8, 4) is 6.07 Å². The number of hydrogen-bond acceptors (Lipinski definition) is 3. The Morgan fingerprint density at radius 3 is 2.83 bits per heavy atom. The minimum absolute atomic E-state index is 0.461. The lowest BCUT2D eigenvalue weighted by Crippen LogP contribution is -2.24. The number of aromatic nitrogens is 1. The fraction of sp³-hybridized carbons (Fsp3) is 0.333. The maximum Gasteiger partial charge on any atom is 0.0869 e. The number of fused-ring (bicyclic) bond motifs is 1. The predicted octanol–water partition coefficient (Wildman–Crippen LogP) is 2.97. The van der Waals surface area contributed by atoms with Gasteiger partial charge in [-0.25, -0.2) is 0 Å². The average Bonchev–Trinajstić information content (AvgIpc) is 2.39. The van der Waals surface area contributed by atoms with Gasteiger partial charge in [0.05, 0.1) is 23.8 Å². The minimum atomic E-state index is 0.461. The van der Waals surface area contributed by atoms with Crippen LogP contribution in [0.25, 0.3) is 10.9 Å². The zero-order valence-electron chi connectivity index (χ0n) is 10.6. The van der Waals surface area contributed by atoms with Gasteiger partial charge in [-0.05, 0) is 25.1 Å². The third kappa shape index (κ3) is 3.06. The van der Waals surface area contributed by atoms with Gasteiger partial charge in [-0.15, -0.1) is 0 Å². The summed E-state index contributed by atoms with van der Waals surface area (Å²) in [4.78, 5) is 6.75. The summed E-state index contributed by atoms with van der Waals surface area (Å²) in [6.45, 7) is 4.26. The maximum atomic E-state index is 8.80. The third-order valence-corrected chi connectivity index (χ3v) is 2.88. The van der Waals surface area contributed by atoms with Crippen LogP contribution in [-0.2, 0) is 6.54 Å². The smallest absolute Gasteiger partial charge is 0.0869 e. The van der Waals surface area contributed by atoms with Crippen molar-refractivity contribution in [3.63, 3.8) is 0 Å². The number of pyridine rings is 1. The molecule has 0 spiro atoms. The van der Waals surface area contributed by atoms with Crippen molar-refractivity contribution < 1.29 is 0 Å². The van der Waals surface area contributed by atoms with Crippen molar-refractivity contribution in [1.29, 1.82) is 5.26 Å². The van der Waals surface area contributed by atoms with Crippen LogP contribution >= 0.6 is 0 Å². The molecular formula is C15H17N3. The molecule has 92 valence electrons. The standard InChI is InChI=1S/C15H17N3/c1-2-10-18(11-9-16)12-14-8-7-13-5-3-4-6-15(13)17-14/h3-8H,2,10-12H2,1H3. The Balaban J connectivity index is 2.17. The molecule has 0 atom stereocenters. The van der Waals surface area contributed by atoms with E-state index < -0.39 is 0 Å². The van der Waals surface area contributed by atoms with Gasteiger partial charge in [0.2, 0.25) is 0 Å². The molecule has 0 amide bonds. The van der Waals surface area contributed by atoms with Crippen LogP contribution in [0.2, 0.25) is 0 Å². The molecular weight excluding hydrogens is 222 g/mol. The average molecular weight is 239 g/mol. The van der Waals surface area contributed by atoms with E-state index in [-0.39, 0.29) is 0 Å². The van der Waals surface area contributed by atoms with E-state index in [0.29, 0.717) is 6.54 Å². The van der Waals surface area contributed by atoms with Crippen molar-refractivity contribution in [3.05, 3.63) is 42.1 Å². The summed E-state index contributed by atoms with van der Waals surface area (Å²) in [6, 6.07) is 14.4. The summed E-state index contributed by atoms with van der Waals surface area (Å²) in [5.74, 6) is 0. The second kappa shape index (κ2) is 6.13. The Kier molecular flexibility index (Phi) is 4.27. The van der Waals surface area contributed by atoms with Crippen LogP contribution in [0.5, 0.6) is 0 Å². The highest BCUT2D eigenvalue weighted by Gasteiger charge is 2.05. The molecule has 0 saturated heterocycles.